The van der Waals surface area contributed by atoms with Crippen molar-refractivity contribution >= 4 is 0 Å². The van der Waals surface area contributed by atoms with Gasteiger partial charge in [-0.3, -0.25) is 5.10 Å². The van der Waals surface area contributed by atoms with Crippen LogP contribution in [0.25, 0.3) is 11.1 Å². The predicted octanol–water partition coefficient (Wildman–Crippen LogP) is 2.40. The lowest BCUT2D eigenvalue weighted by atomic mass is 10.0. The molecule has 4 nitrogen and oxygen atoms in total. The minimum atomic E-state index is 0.790. The van der Waals surface area contributed by atoms with Crippen molar-refractivity contribution in [2.75, 3.05) is 14.2 Å². The molecule has 16 heavy (non-hydrogen) atoms. The van der Waals surface area contributed by atoms with Gasteiger partial charge in [-0.25, -0.2) is 0 Å². The average Bonchev–Trinajstić information content (AvgIpc) is 2.80. The van der Waals surface area contributed by atoms with E-state index in [0.717, 1.165) is 28.2 Å². The number of nitrogens with one attached hydrogen (secondary N) is 1. The van der Waals surface area contributed by atoms with Crippen molar-refractivity contribution in [1.82, 2.24) is 10.2 Å². The summed E-state index contributed by atoms with van der Waals surface area (Å²) in [6.07, 6.45) is 3.56. The van der Waals surface area contributed by atoms with Gasteiger partial charge in [0.1, 0.15) is 11.5 Å². The van der Waals surface area contributed by atoms with Gasteiger partial charge in [0.2, 0.25) is 0 Å². The van der Waals surface area contributed by atoms with Gasteiger partial charge in [-0.15, -0.1) is 0 Å². The van der Waals surface area contributed by atoms with Crippen LogP contribution in [-0.2, 0) is 0 Å². The number of hydrogen-bond donors (Lipinski definition) is 1. The Morgan fingerprint density at radius 1 is 1.12 bits per heavy atom. The Labute approximate surface area is 94.2 Å². The van der Waals surface area contributed by atoms with Gasteiger partial charge in [0, 0.05) is 11.8 Å². The van der Waals surface area contributed by atoms with Gasteiger partial charge in [-0.05, 0) is 24.6 Å². The van der Waals surface area contributed by atoms with Crippen molar-refractivity contribution in [3.05, 3.63) is 30.1 Å². The maximum atomic E-state index is 5.37. The number of hydrogen-bond acceptors (Lipinski definition) is 3. The zero-order valence-corrected chi connectivity index (χ0v) is 9.57. The number of methoxy groups -OCH3 is 2. The number of H-pyrrole nitrogens is 1. The van der Waals surface area contributed by atoms with Crippen molar-refractivity contribution in [3.8, 4) is 22.6 Å². The van der Waals surface area contributed by atoms with Crippen LogP contribution in [0.5, 0.6) is 11.5 Å². The molecule has 4 heteroatoms. The molecule has 0 fully saturated rings. The second-order valence-corrected chi connectivity index (χ2v) is 3.53. The summed E-state index contributed by atoms with van der Waals surface area (Å²) in [5.74, 6) is 1.58. The van der Waals surface area contributed by atoms with E-state index < -0.39 is 0 Å². The highest BCUT2D eigenvalue weighted by atomic mass is 16.5. The van der Waals surface area contributed by atoms with E-state index in [1.54, 1.807) is 20.4 Å². The van der Waals surface area contributed by atoms with E-state index in [1.165, 1.54) is 0 Å². The Bertz CT molecular complexity index is 453. The second kappa shape index (κ2) is 4.26. The highest BCUT2D eigenvalue weighted by molar-refractivity contribution is 5.76. The molecule has 1 aromatic heterocycles. The van der Waals surface area contributed by atoms with Crippen LogP contribution in [0, 0.1) is 6.92 Å². The van der Waals surface area contributed by atoms with Gasteiger partial charge in [0.05, 0.1) is 26.0 Å². The first-order chi connectivity index (χ1) is 7.76. The first-order valence-corrected chi connectivity index (χ1v) is 4.98. The van der Waals surface area contributed by atoms with Crippen molar-refractivity contribution in [2.24, 2.45) is 0 Å². The van der Waals surface area contributed by atoms with Gasteiger partial charge in [0.15, 0.2) is 0 Å². The summed E-state index contributed by atoms with van der Waals surface area (Å²) in [5.41, 5.74) is 2.97. The molecule has 0 unspecified atom stereocenters. The number of aromatic nitrogens is 2. The van der Waals surface area contributed by atoms with Crippen LogP contribution < -0.4 is 9.47 Å². The monoisotopic (exact) mass is 218 g/mol. The van der Waals surface area contributed by atoms with E-state index >= 15 is 0 Å². The van der Waals surface area contributed by atoms with E-state index in [1.807, 2.05) is 25.3 Å². The summed E-state index contributed by atoms with van der Waals surface area (Å²) >= 11 is 0. The lowest BCUT2D eigenvalue weighted by molar-refractivity contribution is 0.397. The molecule has 0 bridgehead atoms. The molecule has 1 aromatic carbocycles. The number of benzene rings is 1. The Balaban J connectivity index is 2.65. The molecule has 0 radical (unpaired) electrons. The first-order valence-electron chi connectivity index (χ1n) is 4.98. The Morgan fingerprint density at radius 3 is 2.19 bits per heavy atom. The molecule has 84 valence electrons. The fraction of sp³-hybridized carbons (Fsp3) is 0.250. The minimum Gasteiger partial charge on any atom is -0.496 e. The second-order valence-electron chi connectivity index (χ2n) is 3.53. The summed E-state index contributed by atoms with van der Waals surface area (Å²) in [6.45, 7) is 2.00. The minimum absolute atomic E-state index is 0.790. The van der Waals surface area contributed by atoms with Crippen LogP contribution >= 0.6 is 0 Å². The highest BCUT2D eigenvalue weighted by Crippen LogP contribution is 2.38. The van der Waals surface area contributed by atoms with Crippen molar-refractivity contribution in [3.63, 3.8) is 0 Å². The number of ether oxygens (including phenoxy) is 2. The van der Waals surface area contributed by atoms with Crippen molar-refractivity contribution in [1.29, 1.82) is 0 Å². The van der Waals surface area contributed by atoms with Gasteiger partial charge < -0.3 is 9.47 Å². The lowest BCUT2D eigenvalue weighted by Gasteiger charge is -2.12. The molecular formula is C12H14N2O2. The van der Waals surface area contributed by atoms with Crippen molar-refractivity contribution in [2.45, 2.75) is 6.92 Å². The SMILES string of the molecule is COc1cc(C)cc(OC)c1-c1cn[nH]c1. The molecule has 0 aliphatic heterocycles. The molecule has 1 N–H and O–H groups in total. The lowest BCUT2D eigenvalue weighted by Crippen LogP contribution is -1.93. The molecular weight excluding hydrogens is 204 g/mol. The maximum Gasteiger partial charge on any atom is 0.130 e. The average molecular weight is 218 g/mol. The fourth-order valence-electron chi connectivity index (χ4n) is 1.72. The molecule has 1 heterocycles. The Hall–Kier alpha value is -1.97. The van der Waals surface area contributed by atoms with E-state index in [2.05, 4.69) is 10.2 Å². The molecule has 2 aromatic rings. The first kappa shape index (κ1) is 10.5. The van der Waals surface area contributed by atoms with E-state index in [-0.39, 0.29) is 0 Å². The fourth-order valence-corrected chi connectivity index (χ4v) is 1.72. The Kier molecular flexibility index (Phi) is 2.81. The molecule has 0 saturated carbocycles. The van der Waals surface area contributed by atoms with Crippen LogP contribution in [0.2, 0.25) is 0 Å². The third-order valence-corrected chi connectivity index (χ3v) is 2.44. The number of aromatic amines is 1. The summed E-state index contributed by atoms with van der Waals surface area (Å²) in [7, 11) is 3.30. The van der Waals surface area contributed by atoms with Gasteiger partial charge in [-0.1, -0.05) is 0 Å². The van der Waals surface area contributed by atoms with Crippen LogP contribution in [0.1, 0.15) is 5.56 Å². The predicted molar refractivity (Wildman–Crippen MR) is 61.9 cm³/mol. The molecule has 0 aliphatic rings. The van der Waals surface area contributed by atoms with Gasteiger partial charge >= 0.3 is 0 Å². The third kappa shape index (κ3) is 1.74. The van der Waals surface area contributed by atoms with E-state index in [0.29, 0.717) is 0 Å². The number of nitrogens with zero attached hydrogens (tertiary/aromatic N) is 1. The molecule has 0 aliphatic carbocycles. The normalized spacial score (nSPS) is 10.2. The van der Waals surface area contributed by atoms with Crippen LogP contribution in [0.4, 0.5) is 0 Å². The molecule has 0 saturated heterocycles. The number of rotatable bonds is 3. The molecule has 2 rings (SSSR count). The van der Waals surface area contributed by atoms with E-state index in [9.17, 15) is 0 Å². The molecule has 0 spiro atoms. The smallest absolute Gasteiger partial charge is 0.130 e. The summed E-state index contributed by atoms with van der Waals surface area (Å²) < 4.78 is 10.7. The van der Waals surface area contributed by atoms with Crippen molar-refractivity contribution < 1.29 is 9.47 Å². The maximum absolute atomic E-state index is 5.37. The topological polar surface area (TPSA) is 47.1 Å². The quantitative estimate of drug-likeness (QED) is 0.860. The van der Waals surface area contributed by atoms with Gasteiger partial charge in [-0.2, -0.15) is 5.10 Å². The van der Waals surface area contributed by atoms with E-state index in [4.69, 9.17) is 9.47 Å². The summed E-state index contributed by atoms with van der Waals surface area (Å²) in [4.78, 5) is 0. The largest absolute Gasteiger partial charge is 0.496 e. The zero-order chi connectivity index (χ0) is 11.5. The molecule has 0 amide bonds. The number of aryl methyl sites for hydroxylation is 1. The summed E-state index contributed by atoms with van der Waals surface area (Å²) in [5, 5.41) is 6.72. The molecule has 0 atom stereocenters. The third-order valence-electron chi connectivity index (χ3n) is 2.44. The Morgan fingerprint density at radius 2 is 1.75 bits per heavy atom. The zero-order valence-electron chi connectivity index (χ0n) is 9.57. The summed E-state index contributed by atoms with van der Waals surface area (Å²) in [6, 6.07) is 3.95. The van der Waals surface area contributed by atoms with Crippen LogP contribution in [-0.4, -0.2) is 24.4 Å². The van der Waals surface area contributed by atoms with Gasteiger partial charge in [0.25, 0.3) is 0 Å². The standard InChI is InChI=1S/C12H14N2O2/c1-8-4-10(15-2)12(11(5-8)16-3)9-6-13-14-7-9/h4-7H,1-3H3,(H,13,14). The van der Waals surface area contributed by atoms with Crippen LogP contribution in [0.15, 0.2) is 24.5 Å². The highest BCUT2D eigenvalue weighted by Gasteiger charge is 2.14. The van der Waals surface area contributed by atoms with Crippen LogP contribution in [0.3, 0.4) is 0 Å².